The smallest absolute Gasteiger partial charge is 0.416 e. The Morgan fingerprint density at radius 3 is 2.24 bits per heavy atom. The summed E-state index contributed by atoms with van der Waals surface area (Å²) < 4.78 is 44.3. The third-order valence-electron chi connectivity index (χ3n) is 4.59. The van der Waals surface area contributed by atoms with E-state index in [1.54, 1.807) is 30.3 Å². The van der Waals surface area contributed by atoms with Crippen molar-refractivity contribution in [3.63, 3.8) is 0 Å². The van der Waals surface area contributed by atoms with Gasteiger partial charge in [-0.3, -0.25) is 14.9 Å². The predicted molar refractivity (Wildman–Crippen MR) is 113 cm³/mol. The average molecular weight is 460 g/mol. The number of carbonyl (C=O) groups is 2. The minimum atomic E-state index is -4.47. The van der Waals surface area contributed by atoms with E-state index in [0.29, 0.717) is 11.1 Å². The number of aliphatic carboxylic acids is 1. The van der Waals surface area contributed by atoms with Gasteiger partial charge >= 0.3 is 18.2 Å². The van der Waals surface area contributed by atoms with E-state index in [1.807, 2.05) is 0 Å². The number of hydrogen-bond acceptors (Lipinski definition) is 4. The average Bonchev–Trinajstić information content (AvgIpc) is 2.75. The van der Waals surface area contributed by atoms with E-state index in [1.165, 1.54) is 24.4 Å². The Bertz CT molecular complexity index is 1190. The fourth-order valence-electron chi connectivity index (χ4n) is 3.06. The minimum absolute atomic E-state index is 0.0404. The van der Waals surface area contributed by atoms with Crippen LogP contribution < -0.4 is 10.9 Å². The lowest BCUT2D eigenvalue weighted by molar-refractivity contribution is -0.138. The highest BCUT2D eigenvalue weighted by Crippen LogP contribution is 2.29. The van der Waals surface area contributed by atoms with Crippen LogP contribution >= 0.6 is 0 Å². The summed E-state index contributed by atoms with van der Waals surface area (Å²) >= 11 is 0. The van der Waals surface area contributed by atoms with E-state index in [4.69, 9.17) is 9.84 Å². The molecule has 1 heterocycles. The number of rotatable bonds is 7. The molecule has 0 saturated carbocycles. The molecule has 0 aliphatic heterocycles. The maximum atomic E-state index is 12.8. The molecule has 0 unspecified atom stereocenters. The van der Waals surface area contributed by atoms with Crippen LogP contribution in [0, 0.1) is 0 Å². The summed E-state index contributed by atoms with van der Waals surface area (Å²) in [5.41, 5.74) is -0.128. The molecule has 3 aromatic rings. The number of pyridine rings is 1. The molecule has 0 fully saturated rings. The number of nitrogens with zero attached hydrogens (tertiary/aromatic N) is 1. The maximum Gasteiger partial charge on any atom is 0.416 e. The molecule has 1 amide bonds. The lowest BCUT2D eigenvalue weighted by Gasteiger charge is -2.12. The van der Waals surface area contributed by atoms with Crippen molar-refractivity contribution in [2.24, 2.45) is 0 Å². The molecule has 10 heteroatoms. The first-order valence-corrected chi connectivity index (χ1v) is 9.71. The Morgan fingerprint density at radius 2 is 1.64 bits per heavy atom. The monoisotopic (exact) mass is 460 g/mol. The van der Waals surface area contributed by atoms with Gasteiger partial charge < -0.3 is 14.4 Å². The van der Waals surface area contributed by atoms with E-state index in [0.717, 1.165) is 22.3 Å². The number of halogens is 3. The normalized spacial score (nSPS) is 11.1. The second kappa shape index (κ2) is 10.0. The molecule has 2 N–H and O–H groups in total. The molecule has 0 atom stereocenters. The molecule has 0 bridgehead atoms. The molecule has 2 aromatic carbocycles. The molecule has 0 spiro atoms. The zero-order valence-corrected chi connectivity index (χ0v) is 17.1. The van der Waals surface area contributed by atoms with Crippen LogP contribution in [0.4, 0.5) is 23.7 Å². The fraction of sp³-hybridized carbons (Fsp3) is 0.174. The number of amides is 1. The predicted octanol–water partition coefficient (Wildman–Crippen LogP) is 4.29. The molecule has 3 rings (SSSR count). The highest BCUT2D eigenvalue weighted by molar-refractivity contribution is 5.84. The summed E-state index contributed by atoms with van der Waals surface area (Å²) in [4.78, 5) is 35.9. The molecular formula is C23H19F3N2O5. The van der Waals surface area contributed by atoms with Crippen LogP contribution in [0.2, 0.25) is 0 Å². The van der Waals surface area contributed by atoms with Crippen LogP contribution in [0.5, 0.6) is 0 Å². The largest absolute Gasteiger partial charge is 0.480 e. The molecule has 7 nitrogen and oxygen atoms in total. The number of alkyl halides is 3. The van der Waals surface area contributed by atoms with E-state index < -0.39 is 35.9 Å². The van der Waals surface area contributed by atoms with Gasteiger partial charge in [0.25, 0.3) is 5.56 Å². The van der Waals surface area contributed by atoms with E-state index in [2.05, 4.69) is 5.32 Å². The van der Waals surface area contributed by atoms with E-state index in [-0.39, 0.29) is 18.7 Å². The molecular weight excluding hydrogens is 441 g/mol. The van der Waals surface area contributed by atoms with Crippen molar-refractivity contribution in [1.82, 2.24) is 4.57 Å². The number of anilines is 1. The first-order valence-electron chi connectivity index (χ1n) is 9.71. The number of carboxylic acids is 1. The van der Waals surface area contributed by atoms with Gasteiger partial charge in [-0.15, -0.1) is 0 Å². The molecule has 172 valence electrons. The fourth-order valence-corrected chi connectivity index (χ4v) is 3.06. The molecule has 0 saturated heterocycles. The van der Waals surface area contributed by atoms with Crippen molar-refractivity contribution in [3.8, 4) is 0 Å². The van der Waals surface area contributed by atoms with Gasteiger partial charge in [0.05, 0.1) is 5.56 Å². The summed E-state index contributed by atoms with van der Waals surface area (Å²) in [6.07, 6.45) is -3.99. The lowest BCUT2D eigenvalue weighted by atomic mass is 10.0. The third kappa shape index (κ3) is 6.70. The highest BCUT2D eigenvalue weighted by Gasteiger charge is 2.29. The highest BCUT2D eigenvalue weighted by atomic mass is 19.4. The Morgan fingerprint density at radius 1 is 0.970 bits per heavy atom. The maximum absolute atomic E-state index is 12.8. The van der Waals surface area contributed by atoms with Crippen LogP contribution in [0.25, 0.3) is 0 Å². The lowest BCUT2D eigenvalue weighted by Crippen LogP contribution is -2.28. The molecule has 1 aromatic heterocycles. The van der Waals surface area contributed by atoms with Crippen LogP contribution in [0.15, 0.2) is 71.7 Å². The third-order valence-corrected chi connectivity index (χ3v) is 4.59. The summed E-state index contributed by atoms with van der Waals surface area (Å²) in [7, 11) is 0. The van der Waals surface area contributed by atoms with Gasteiger partial charge in [0.2, 0.25) is 0 Å². The van der Waals surface area contributed by atoms with Crippen molar-refractivity contribution in [3.05, 3.63) is 99.5 Å². The molecule has 0 radical (unpaired) electrons. The summed E-state index contributed by atoms with van der Waals surface area (Å²) in [5.74, 6) is -1.28. The quantitative estimate of drug-likeness (QED) is 0.548. The number of carbonyl (C=O) groups excluding carboxylic acids is 1. The van der Waals surface area contributed by atoms with Gasteiger partial charge in [0.15, 0.2) is 0 Å². The molecule has 33 heavy (non-hydrogen) atoms. The Balaban J connectivity index is 1.81. The van der Waals surface area contributed by atoms with Crippen LogP contribution in [0.3, 0.4) is 0 Å². The topological polar surface area (TPSA) is 97.6 Å². The van der Waals surface area contributed by atoms with Gasteiger partial charge in [-0.05, 0) is 41.3 Å². The van der Waals surface area contributed by atoms with Crippen LogP contribution in [0.1, 0.15) is 22.3 Å². The second-order valence-corrected chi connectivity index (χ2v) is 7.15. The van der Waals surface area contributed by atoms with Crippen molar-refractivity contribution in [1.29, 1.82) is 0 Å². The molecule has 0 aliphatic rings. The number of nitrogens with one attached hydrogen (secondary N) is 1. The van der Waals surface area contributed by atoms with Gasteiger partial charge in [-0.25, -0.2) is 4.79 Å². The molecule has 0 aliphatic carbocycles. The van der Waals surface area contributed by atoms with E-state index in [9.17, 15) is 27.6 Å². The Kier molecular flexibility index (Phi) is 7.17. The van der Waals surface area contributed by atoms with Crippen LogP contribution in [-0.4, -0.2) is 21.7 Å². The number of ether oxygens (including phenoxy) is 1. The SMILES string of the molecule is O=C(O)Cn1cc(Cc2ccc(C(F)(F)F)cc2)cc(NC(=O)OCc2ccccc2)c1=O. The van der Waals surface area contributed by atoms with Gasteiger partial charge in [0, 0.05) is 6.20 Å². The summed E-state index contributed by atoms with van der Waals surface area (Å²) in [6, 6.07) is 14.6. The van der Waals surface area contributed by atoms with Crippen molar-refractivity contribution >= 4 is 17.7 Å². The first kappa shape index (κ1) is 23.6. The van der Waals surface area contributed by atoms with Gasteiger partial charge in [0.1, 0.15) is 18.8 Å². The minimum Gasteiger partial charge on any atom is -0.480 e. The standard InChI is InChI=1S/C23H19F3N2O5/c24-23(25,26)18-8-6-15(7-9-18)10-17-11-19(21(31)28(12-17)13-20(29)30)27-22(32)33-14-16-4-2-1-3-5-16/h1-9,11-12H,10,13-14H2,(H,27,32)(H,29,30). The summed E-state index contributed by atoms with van der Waals surface area (Å²) in [5, 5.41) is 11.4. The van der Waals surface area contributed by atoms with Crippen molar-refractivity contribution in [2.75, 3.05) is 5.32 Å². The Labute approximate surface area is 186 Å². The van der Waals surface area contributed by atoms with E-state index >= 15 is 0 Å². The summed E-state index contributed by atoms with van der Waals surface area (Å²) in [6.45, 7) is -0.700. The number of aromatic nitrogens is 1. The van der Waals surface area contributed by atoms with Crippen LogP contribution in [-0.2, 0) is 35.3 Å². The first-order chi connectivity index (χ1) is 15.6. The van der Waals surface area contributed by atoms with Crippen molar-refractivity contribution < 1.29 is 32.6 Å². The van der Waals surface area contributed by atoms with Gasteiger partial charge in [-0.1, -0.05) is 42.5 Å². The zero-order valence-electron chi connectivity index (χ0n) is 17.1. The Hall–Kier alpha value is -4.08. The number of hydrogen-bond donors (Lipinski definition) is 2. The second-order valence-electron chi connectivity index (χ2n) is 7.15. The van der Waals surface area contributed by atoms with Crippen molar-refractivity contribution in [2.45, 2.75) is 25.7 Å². The van der Waals surface area contributed by atoms with Gasteiger partial charge in [-0.2, -0.15) is 13.2 Å². The number of carboxylic acid groups (broad SMARTS) is 1. The zero-order chi connectivity index (χ0) is 24.0. The number of benzene rings is 2.